The number of cyclic esters (lactones) is 1. The molecule has 2 aromatic rings. The van der Waals surface area contributed by atoms with Gasteiger partial charge in [-0.2, -0.15) is 0 Å². The number of carbonyl (C=O) groups is 3. The number of carbonyl (C=O) groups excluding carboxylic acids is 3. The molecule has 140 valence electrons. The third-order valence-electron chi connectivity index (χ3n) is 4.38. The number of hydrogen-bond acceptors (Lipinski definition) is 5. The summed E-state index contributed by atoms with van der Waals surface area (Å²) in [5.74, 6) is -1.34. The fraction of sp³-hybridized carbons (Fsp3) is 0.286. The number of benzene rings is 2. The van der Waals surface area contributed by atoms with E-state index in [4.69, 9.17) is 9.47 Å². The van der Waals surface area contributed by atoms with Crippen LogP contribution in [0.5, 0.6) is 0 Å². The SMILES string of the molecule is CCCOC(=O)c1ccc(NC(=O)C2(C)Cc3ccccc3C(=O)O2)cc1. The van der Waals surface area contributed by atoms with Crippen molar-refractivity contribution in [1.29, 1.82) is 0 Å². The molecule has 1 aliphatic heterocycles. The van der Waals surface area contributed by atoms with Gasteiger partial charge in [-0.15, -0.1) is 0 Å². The van der Waals surface area contributed by atoms with E-state index in [-0.39, 0.29) is 0 Å². The highest BCUT2D eigenvalue weighted by Crippen LogP contribution is 2.29. The zero-order valence-electron chi connectivity index (χ0n) is 15.3. The van der Waals surface area contributed by atoms with Crippen LogP contribution >= 0.6 is 0 Å². The van der Waals surface area contributed by atoms with Crippen LogP contribution in [-0.4, -0.2) is 30.1 Å². The second-order valence-electron chi connectivity index (χ2n) is 6.62. The number of amides is 1. The zero-order chi connectivity index (χ0) is 19.4. The monoisotopic (exact) mass is 367 g/mol. The van der Waals surface area contributed by atoms with Crippen LogP contribution in [0, 0.1) is 0 Å². The lowest BCUT2D eigenvalue weighted by Gasteiger charge is -2.33. The van der Waals surface area contributed by atoms with E-state index in [2.05, 4.69) is 5.32 Å². The standard InChI is InChI=1S/C21H21NO5/c1-3-12-26-18(23)14-8-10-16(11-9-14)22-20(25)21(2)13-15-6-4-5-7-17(15)19(24)27-21/h4-11H,3,12-13H2,1-2H3,(H,22,25). The van der Waals surface area contributed by atoms with Crippen molar-refractivity contribution in [2.24, 2.45) is 0 Å². The van der Waals surface area contributed by atoms with E-state index in [1.54, 1.807) is 43.3 Å². The lowest BCUT2D eigenvalue weighted by atomic mass is 9.89. The van der Waals surface area contributed by atoms with Gasteiger partial charge >= 0.3 is 11.9 Å². The third kappa shape index (κ3) is 4.00. The predicted molar refractivity (Wildman–Crippen MR) is 99.6 cm³/mol. The van der Waals surface area contributed by atoms with Crippen LogP contribution in [0.4, 0.5) is 5.69 Å². The lowest BCUT2D eigenvalue weighted by Crippen LogP contribution is -2.48. The molecule has 0 spiro atoms. The van der Waals surface area contributed by atoms with Crippen molar-refractivity contribution in [2.45, 2.75) is 32.3 Å². The minimum absolute atomic E-state index is 0.294. The first kappa shape index (κ1) is 18.6. The molecular formula is C21H21NO5. The average Bonchev–Trinajstić information content (AvgIpc) is 2.66. The van der Waals surface area contributed by atoms with E-state index in [1.165, 1.54) is 0 Å². The van der Waals surface area contributed by atoms with Gasteiger partial charge in [0.05, 0.1) is 17.7 Å². The molecule has 0 bridgehead atoms. The molecule has 0 fully saturated rings. The topological polar surface area (TPSA) is 81.7 Å². The largest absolute Gasteiger partial charge is 0.462 e. The summed E-state index contributed by atoms with van der Waals surface area (Å²) < 4.78 is 10.5. The number of fused-ring (bicyclic) bond motifs is 1. The first-order valence-electron chi connectivity index (χ1n) is 8.83. The summed E-state index contributed by atoms with van der Waals surface area (Å²) in [6, 6.07) is 13.5. The van der Waals surface area contributed by atoms with Crippen molar-refractivity contribution < 1.29 is 23.9 Å². The van der Waals surface area contributed by atoms with Crippen molar-refractivity contribution >= 4 is 23.5 Å². The Morgan fingerprint density at radius 3 is 2.56 bits per heavy atom. The molecule has 1 aliphatic rings. The molecular weight excluding hydrogens is 346 g/mol. The van der Waals surface area contributed by atoms with E-state index >= 15 is 0 Å². The van der Waals surface area contributed by atoms with E-state index in [1.807, 2.05) is 19.1 Å². The van der Waals surface area contributed by atoms with E-state index in [0.29, 0.717) is 29.8 Å². The van der Waals surface area contributed by atoms with Crippen molar-refractivity contribution in [3.8, 4) is 0 Å². The molecule has 1 amide bonds. The van der Waals surface area contributed by atoms with Crippen LogP contribution in [0.3, 0.4) is 0 Å². The third-order valence-corrected chi connectivity index (χ3v) is 4.38. The maximum absolute atomic E-state index is 12.7. The first-order chi connectivity index (χ1) is 12.9. The van der Waals surface area contributed by atoms with Crippen LogP contribution in [0.2, 0.25) is 0 Å². The van der Waals surface area contributed by atoms with Gasteiger partial charge in [0.1, 0.15) is 0 Å². The van der Waals surface area contributed by atoms with Gasteiger partial charge in [0, 0.05) is 12.1 Å². The van der Waals surface area contributed by atoms with Gasteiger partial charge in [-0.05, 0) is 49.2 Å². The summed E-state index contributed by atoms with van der Waals surface area (Å²) in [6.07, 6.45) is 1.04. The quantitative estimate of drug-likeness (QED) is 0.820. The molecule has 0 saturated heterocycles. The zero-order valence-corrected chi connectivity index (χ0v) is 15.3. The molecule has 6 nitrogen and oxygen atoms in total. The number of esters is 2. The van der Waals surface area contributed by atoms with Gasteiger partial charge in [0.25, 0.3) is 5.91 Å². The van der Waals surface area contributed by atoms with E-state index in [9.17, 15) is 14.4 Å². The van der Waals surface area contributed by atoms with Gasteiger partial charge in [-0.3, -0.25) is 4.79 Å². The second-order valence-corrected chi connectivity index (χ2v) is 6.62. The van der Waals surface area contributed by atoms with Gasteiger partial charge in [-0.25, -0.2) is 9.59 Å². The summed E-state index contributed by atoms with van der Waals surface area (Å²) in [4.78, 5) is 36.8. The Balaban J connectivity index is 1.70. The molecule has 1 atom stereocenters. The second kappa shape index (κ2) is 7.61. The molecule has 0 aromatic heterocycles. The minimum atomic E-state index is -1.30. The number of rotatable bonds is 5. The maximum atomic E-state index is 12.7. The summed E-state index contributed by atoms with van der Waals surface area (Å²) in [6.45, 7) is 3.87. The van der Waals surface area contributed by atoms with Crippen LogP contribution in [0.15, 0.2) is 48.5 Å². The molecule has 2 aromatic carbocycles. The number of ether oxygens (including phenoxy) is 2. The minimum Gasteiger partial charge on any atom is -0.462 e. The Labute approximate surface area is 157 Å². The summed E-state index contributed by atoms with van der Waals surface area (Å²) >= 11 is 0. The van der Waals surface area contributed by atoms with Crippen LogP contribution in [0.1, 0.15) is 46.5 Å². The normalized spacial score (nSPS) is 18.2. The Kier molecular flexibility index (Phi) is 5.26. The Morgan fingerprint density at radius 1 is 1.15 bits per heavy atom. The number of hydrogen-bond donors (Lipinski definition) is 1. The van der Waals surface area contributed by atoms with Crippen molar-refractivity contribution in [3.63, 3.8) is 0 Å². The molecule has 3 rings (SSSR count). The Hall–Kier alpha value is -3.15. The van der Waals surface area contributed by atoms with Crippen molar-refractivity contribution in [3.05, 3.63) is 65.2 Å². The Bertz CT molecular complexity index is 874. The Morgan fingerprint density at radius 2 is 1.85 bits per heavy atom. The van der Waals surface area contributed by atoms with Crippen LogP contribution in [0.25, 0.3) is 0 Å². The average molecular weight is 367 g/mol. The molecule has 1 N–H and O–H groups in total. The molecule has 0 aliphatic carbocycles. The summed E-state index contributed by atoms with van der Waals surface area (Å²) in [5, 5.41) is 2.74. The van der Waals surface area contributed by atoms with Crippen LogP contribution in [-0.2, 0) is 20.7 Å². The first-order valence-corrected chi connectivity index (χ1v) is 8.83. The van der Waals surface area contributed by atoms with E-state index in [0.717, 1.165) is 12.0 Å². The number of anilines is 1. The smallest absolute Gasteiger partial charge is 0.339 e. The molecule has 1 heterocycles. The van der Waals surface area contributed by atoms with Gasteiger partial charge in [0.2, 0.25) is 0 Å². The molecule has 27 heavy (non-hydrogen) atoms. The maximum Gasteiger partial charge on any atom is 0.339 e. The fourth-order valence-electron chi connectivity index (χ4n) is 2.89. The molecule has 1 unspecified atom stereocenters. The highest BCUT2D eigenvalue weighted by atomic mass is 16.6. The summed E-state index contributed by atoms with van der Waals surface area (Å²) in [7, 11) is 0. The number of nitrogens with one attached hydrogen (secondary N) is 1. The van der Waals surface area contributed by atoms with Crippen LogP contribution < -0.4 is 5.32 Å². The molecule has 6 heteroatoms. The fourth-order valence-corrected chi connectivity index (χ4v) is 2.89. The summed E-state index contributed by atoms with van der Waals surface area (Å²) in [5.41, 5.74) is 0.872. The van der Waals surface area contributed by atoms with Gasteiger partial charge in [0.15, 0.2) is 5.60 Å². The lowest BCUT2D eigenvalue weighted by molar-refractivity contribution is -0.134. The highest BCUT2D eigenvalue weighted by molar-refractivity contribution is 6.02. The predicted octanol–water partition coefficient (Wildman–Crippen LogP) is 3.36. The van der Waals surface area contributed by atoms with Gasteiger partial charge in [-0.1, -0.05) is 25.1 Å². The molecule has 0 saturated carbocycles. The molecule has 0 radical (unpaired) electrons. The van der Waals surface area contributed by atoms with Gasteiger partial charge < -0.3 is 14.8 Å². The van der Waals surface area contributed by atoms with Crippen molar-refractivity contribution in [2.75, 3.05) is 11.9 Å². The van der Waals surface area contributed by atoms with Crippen molar-refractivity contribution in [1.82, 2.24) is 0 Å². The highest BCUT2D eigenvalue weighted by Gasteiger charge is 2.42. The van der Waals surface area contributed by atoms with E-state index < -0.39 is 23.4 Å².